The SMILES string of the molecule is C.CCCN1CCN(C)CC1. The van der Waals surface area contributed by atoms with Crippen LogP contribution in [0.3, 0.4) is 0 Å². The molecule has 0 radical (unpaired) electrons. The predicted octanol–water partition coefficient (Wildman–Crippen LogP) is 1.28. The van der Waals surface area contributed by atoms with Crippen LogP contribution >= 0.6 is 0 Å². The first-order valence-corrected chi connectivity index (χ1v) is 4.24. The monoisotopic (exact) mass is 158 g/mol. The van der Waals surface area contributed by atoms with Gasteiger partial charge in [0.05, 0.1) is 0 Å². The number of piperazine rings is 1. The molecule has 1 rings (SSSR count). The van der Waals surface area contributed by atoms with Gasteiger partial charge in [0, 0.05) is 26.2 Å². The van der Waals surface area contributed by atoms with E-state index in [0.717, 1.165) is 0 Å². The van der Waals surface area contributed by atoms with Crippen LogP contribution in [0.15, 0.2) is 0 Å². The molecule has 0 bridgehead atoms. The van der Waals surface area contributed by atoms with Crippen LogP contribution in [0.25, 0.3) is 0 Å². The van der Waals surface area contributed by atoms with Gasteiger partial charge in [-0.15, -0.1) is 0 Å². The Labute approximate surface area is 71.2 Å². The van der Waals surface area contributed by atoms with E-state index in [2.05, 4.69) is 23.8 Å². The van der Waals surface area contributed by atoms with Gasteiger partial charge >= 0.3 is 0 Å². The largest absolute Gasteiger partial charge is 0.304 e. The van der Waals surface area contributed by atoms with E-state index in [-0.39, 0.29) is 7.43 Å². The molecule has 11 heavy (non-hydrogen) atoms. The van der Waals surface area contributed by atoms with Gasteiger partial charge in [-0.2, -0.15) is 0 Å². The molecule has 1 heterocycles. The zero-order valence-electron chi connectivity index (χ0n) is 7.14. The summed E-state index contributed by atoms with van der Waals surface area (Å²) in [6, 6.07) is 0. The van der Waals surface area contributed by atoms with Crippen molar-refractivity contribution < 1.29 is 0 Å². The Kier molecular flexibility index (Phi) is 5.51. The third-order valence-corrected chi connectivity index (χ3v) is 2.14. The van der Waals surface area contributed by atoms with E-state index in [1.54, 1.807) is 0 Å². The van der Waals surface area contributed by atoms with Gasteiger partial charge in [-0.1, -0.05) is 14.4 Å². The molecule has 2 nitrogen and oxygen atoms in total. The van der Waals surface area contributed by atoms with Crippen LogP contribution in [-0.4, -0.2) is 49.6 Å². The molecule has 68 valence electrons. The molecular weight excluding hydrogens is 136 g/mol. The third kappa shape index (κ3) is 3.73. The maximum absolute atomic E-state index is 2.54. The molecule has 0 aromatic heterocycles. The van der Waals surface area contributed by atoms with E-state index in [1.807, 2.05) is 0 Å². The maximum atomic E-state index is 2.54. The topological polar surface area (TPSA) is 6.48 Å². The van der Waals surface area contributed by atoms with Crippen molar-refractivity contribution in [1.82, 2.24) is 9.80 Å². The van der Waals surface area contributed by atoms with Crippen LogP contribution in [0, 0.1) is 0 Å². The van der Waals surface area contributed by atoms with Crippen LogP contribution in [0.5, 0.6) is 0 Å². The lowest BCUT2D eigenvalue weighted by Crippen LogP contribution is -2.44. The summed E-state index contributed by atoms with van der Waals surface area (Å²) in [5.74, 6) is 0. The van der Waals surface area contributed by atoms with Gasteiger partial charge in [0.2, 0.25) is 0 Å². The summed E-state index contributed by atoms with van der Waals surface area (Å²) >= 11 is 0. The first-order chi connectivity index (χ1) is 4.83. The quantitative estimate of drug-likeness (QED) is 0.597. The zero-order valence-corrected chi connectivity index (χ0v) is 7.14. The van der Waals surface area contributed by atoms with Crippen molar-refractivity contribution in [3.8, 4) is 0 Å². The van der Waals surface area contributed by atoms with Crippen LogP contribution in [-0.2, 0) is 0 Å². The molecule has 0 saturated carbocycles. The average Bonchev–Trinajstić information content (AvgIpc) is 1.95. The van der Waals surface area contributed by atoms with E-state index < -0.39 is 0 Å². The van der Waals surface area contributed by atoms with Gasteiger partial charge in [0.15, 0.2) is 0 Å². The summed E-state index contributed by atoms with van der Waals surface area (Å²) in [4.78, 5) is 4.94. The minimum Gasteiger partial charge on any atom is -0.304 e. The highest BCUT2D eigenvalue weighted by Gasteiger charge is 2.11. The molecule has 0 aromatic rings. The number of rotatable bonds is 2. The van der Waals surface area contributed by atoms with Crippen LogP contribution in [0.2, 0.25) is 0 Å². The summed E-state index contributed by atoms with van der Waals surface area (Å²) < 4.78 is 0. The molecule has 1 aliphatic heterocycles. The summed E-state index contributed by atoms with van der Waals surface area (Å²) in [7, 11) is 2.20. The van der Waals surface area contributed by atoms with E-state index >= 15 is 0 Å². The van der Waals surface area contributed by atoms with Crippen LogP contribution in [0.4, 0.5) is 0 Å². The maximum Gasteiger partial charge on any atom is 0.0110 e. The molecule has 1 fully saturated rings. The van der Waals surface area contributed by atoms with Gasteiger partial charge in [0.25, 0.3) is 0 Å². The fourth-order valence-electron chi connectivity index (χ4n) is 1.39. The molecule has 0 unspecified atom stereocenters. The number of hydrogen-bond acceptors (Lipinski definition) is 2. The summed E-state index contributed by atoms with van der Waals surface area (Å²) in [6.07, 6.45) is 1.30. The molecule has 0 spiro atoms. The average molecular weight is 158 g/mol. The van der Waals surface area contributed by atoms with E-state index in [1.165, 1.54) is 39.1 Å². The van der Waals surface area contributed by atoms with Crippen molar-refractivity contribution in [3.63, 3.8) is 0 Å². The molecule has 0 amide bonds. The summed E-state index contributed by atoms with van der Waals surface area (Å²) in [5.41, 5.74) is 0. The Morgan fingerprint density at radius 1 is 1.09 bits per heavy atom. The summed E-state index contributed by atoms with van der Waals surface area (Å²) in [5, 5.41) is 0. The van der Waals surface area contributed by atoms with Gasteiger partial charge in [0.1, 0.15) is 0 Å². The molecular formula is C9H22N2. The number of hydrogen-bond donors (Lipinski definition) is 0. The fourth-order valence-corrected chi connectivity index (χ4v) is 1.39. The van der Waals surface area contributed by atoms with Gasteiger partial charge in [-0.25, -0.2) is 0 Å². The highest BCUT2D eigenvalue weighted by molar-refractivity contribution is 4.67. The van der Waals surface area contributed by atoms with Crippen molar-refractivity contribution >= 4 is 0 Å². The first kappa shape index (κ1) is 10.9. The second-order valence-electron chi connectivity index (χ2n) is 3.14. The molecule has 0 aliphatic carbocycles. The van der Waals surface area contributed by atoms with Gasteiger partial charge in [-0.05, 0) is 20.0 Å². The lowest BCUT2D eigenvalue weighted by atomic mass is 10.3. The van der Waals surface area contributed by atoms with Gasteiger partial charge < -0.3 is 9.80 Å². The Bertz CT molecular complexity index is 85.6. The molecule has 1 saturated heterocycles. The molecule has 0 N–H and O–H groups in total. The fraction of sp³-hybridized carbons (Fsp3) is 1.00. The summed E-state index contributed by atoms with van der Waals surface area (Å²) in [6.45, 7) is 8.57. The lowest BCUT2D eigenvalue weighted by molar-refractivity contribution is 0.154. The lowest BCUT2D eigenvalue weighted by Gasteiger charge is -2.31. The Hall–Kier alpha value is -0.0800. The highest BCUT2D eigenvalue weighted by atomic mass is 15.2. The van der Waals surface area contributed by atoms with Crippen LogP contribution < -0.4 is 0 Å². The Balaban J connectivity index is 0.000001000. The smallest absolute Gasteiger partial charge is 0.0110 e. The van der Waals surface area contributed by atoms with E-state index in [4.69, 9.17) is 0 Å². The molecule has 2 heteroatoms. The molecule has 0 atom stereocenters. The van der Waals surface area contributed by atoms with Crippen molar-refractivity contribution in [1.29, 1.82) is 0 Å². The highest BCUT2D eigenvalue weighted by Crippen LogP contribution is 1.98. The second-order valence-corrected chi connectivity index (χ2v) is 3.14. The number of likely N-dealkylation sites (N-methyl/N-ethyl adjacent to an activating group) is 1. The van der Waals surface area contributed by atoms with Gasteiger partial charge in [-0.3, -0.25) is 0 Å². The van der Waals surface area contributed by atoms with Crippen LogP contribution in [0.1, 0.15) is 20.8 Å². The third-order valence-electron chi connectivity index (χ3n) is 2.14. The van der Waals surface area contributed by atoms with Crippen molar-refractivity contribution in [2.24, 2.45) is 0 Å². The second kappa shape index (κ2) is 5.56. The van der Waals surface area contributed by atoms with Crippen molar-refractivity contribution in [2.45, 2.75) is 20.8 Å². The van der Waals surface area contributed by atoms with E-state index in [0.29, 0.717) is 0 Å². The normalized spacial score (nSPS) is 21.3. The Morgan fingerprint density at radius 2 is 1.64 bits per heavy atom. The minimum absolute atomic E-state index is 0. The van der Waals surface area contributed by atoms with Crippen molar-refractivity contribution in [2.75, 3.05) is 39.8 Å². The van der Waals surface area contributed by atoms with E-state index in [9.17, 15) is 0 Å². The number of nitrogens with zero attached hydrogens (tertiary/aromatic N) is 2. The zero-order chi connectivity index (χ0) is 7.40. The molecule has 0 aromatic carbocycles. The first-order valence-electron chi connectivity index (χ1n) is 4.24. The standard InChI is InChI=1S/C8H18N2.CH4/c1-3-4-10-7-5-9(2)6-8-10;/h3-8H2,1-2H3;1H4. The molecule has 1 aliphatic rings. The van der Waals surface area contributed by atoms with Crippen molar-refractivity contribution in [3.05, 3.63) is 0 Å². The Morgan fingerprint density at radius 3 is 2.09 bits per heavy atom. The minimum atomic E-state index is 0. The predicted molar refractivity (Wildman–Crippen MR) is 51.0 cm³/mol.